The molecule has 1 aliphatic rings. The van der Waals surface area contributed by atoms with Crippen LogP contribution in [0.2, 0.25) is 0 Å². The summed E-state index contributed by atoms with van der Waals surface area (Å²) in [6.07, 6.45) is 10.7. The first-order valence-corrected chi connectivity index (χ1v) is 10.4. The van der Waals surface area contributed by atoms with Crippen molar-refractivity contribution in [2.75, 3.05) is 11.1 Å². The third-order valence-electron chi connectivity index (χ3n) is 5.36. The number of nitrogen functional groups attached to an aromatic ring is 1. The zero-order valence-corrected chi connectivity index (χ0v) is 17.4. The van der Waals surface area contributed by atoms with Gasteiger partial charge < -0.3 is 11.1 Å². The lowest BCUT2D eigenvalue weighted by atomic mass is 9.81. The molecule has 0 fully saturated rings. The largest absolute Gasteiger partial charge is 0.398 e. The summed E-state index contributed by atoms with van der Waals surface area (Å²) < 4.78 is 0. The van der Waals surface area contributed by atoms with Gasteiger partial charge in [-0.1, -0.05) is 73.3 Å². The first kappa shape index (κ1) is 20.4. The van der Waals surface area contributed by atoms with Gasteiger partial charge in [0.1, 0.15) is 5.82 Å². The van der Waals surface area contributed by atoms with Gasteiger partial charge in [-0.3, -0.25) is 4.99 Å². The molecule has 154 valence electrons. The second-order valence-corrected chi connectivity index (χ2v) is 7.40. The molecule has 0 saturated carbocycles. The van der Waals surface area contributed by atoms with Crippen LogP contribution in [0.4, 0.5) is 11.5 Å². The molecule has 4 heteroatoms. The summed E-state index contributed by atoms with van der Waals surface area (Å²) in [6, 6.07) is 23.8. The molecule has 3 aromatic rings. The van der Waals surface area contributed by atoms with Crippen molar-refractivity contribution in [3.8, 4) is 0 Å². The van der Waals surface area contributed by atoms with E-state index >= 15 is 0 Å². The molecule has 0 radical (unpaired) electrons. The highest BCUT2D eigenvalue weighted by Crippen LogP contribution is 2.42. The molecule has 2 heterocycles. The van der Waals surface area contributed by atoms with E-state index in [4.69, 9.17) is 10.7 Å². The van der Waals surface area contributed by atoms with Crippen molar-refractivity contribution in [1.82, 2.24) is 4.98 Å². The fourth-order valence-electron chi connectivity index (χ4n) is 3.82. The monoisotopic (exact) mass is 406 g/mol. The number of nitrogens with zero attached hydrogens (tertiary/aromatic N) is 2. The maximum absolute atomic E-state index is 6.45. The van der Waals surface area contributed by atoms with E-state index in [1.165, 1.54) is 0 Å². The van der Waals surface area contributed by atoms with Crippen LogP contribution in [0, 0.1) is 5.92 Å². The number of hydrogen-bond acceptors (Lipinski definition) is 4. The molecule has 0 bridgehead atoms. The summed E-state index contributed by atoms with van der Waals surface area (Å²) in [5.74, 6) is 0.614. The molecule has 2 aromatic carbocycles. The van der Waals surface area contributed by atoms with Gasteiger partial charge in [0.25, 0.3) is 0 Å². The Bertz CT molecular complexity index is 1110. The van der Waals surface area contributed by atoms with Crippen LogP contribution in [0.5, 0.6) is 0 Å². The third-order valence-corrected chi connectivity index (χ3v) is 5.36. The smallest absolute Gasteiger partial charge is 0.126 e. The average Bonchev–Trinajstić information content (AvgIpc) is 3.10. The number of aromatic nitrogens is 1. The van der Waals surface area contributed by atoms with Crippen LogP contribution in [0.1, 0.15) is 23.6 Å². The van der Waals surface area contributed by atoms with Crippen molar-refractivity contribution < 1.29 is 0 Å². The fraction of sp³-hybridized carbons (Fsp3) is 0.111. The molecule has 31 heavy (non-hydrogen) atoms. The van der Waals surface area contributed by atoms with E-state index in [0.29, 0.717) is 0 Å². The number of nitrogens with two attached hydrogens (primary N) is 1. The van der Waals surface area contributed by atoms with E-state index in [2.05, 4.69) is 53.3 Å². The highest BCUT2D eigenvalue weighted by molar-refractivity contribution is 5.72. The van der Waals surface area contributed by atoms with Gasteiger partial charge in [0.2, 0.25) is 0 Å². The molecule has 4 rings (SSSR count). The second kappa shape index (κ2) is 9.72. The van der Waals surface area contributed by atoms with Gasteiger partial charge >= 0.3 is 0 Å². The van der Waals surface area contributed by atoms with E-state index in [0.717, 1.165) is 40.3 Å². The highest BCUT2D eigenvalue weighted by atomic mass is 15.0. The molecule has 4 nitrogen and oxygen atoms in total. The standard InChI is InChI=1S/C27H26N4/c1-20(21-12-4-2-5-13-21)26(24-16-6-3-10-18-29-24)27(22-14-7-8-15-23(22)28)31-25-17-9-11-19-30-25/h2-9,11-19,26-27H,1,10,28H2,(H,30,31). The van der Waals surface area contributed by atoms with E-state index in [9.17, 15) is 0 Å². The lowest BCUT2D eigenvalue weighted by molar-refractivity contribution is 0.639. The van der Waals surface area contributed by atoms with Gasteiger partial charge in [-0.05, 0) is 41.0 Å². The third kappa shape index (κ3) is 4.81. The Kier molecular flexibility index (Phi) is 6.38. The maximum Gasteiger partial charge on any atom is 0.126 e. The minimum atomic E-state index is -0.210. The molecule has 1 aliphatic heterocycles. The normalized spacial score (nSPS) is 14.9. The number of aliphatic imine (C=N–C) groups is 1. The van der Waals surface area contributed by atoms with Crippen molar-refractivity contribution >= 4 is 23.3 Å². The summed E-state index contributed by atoms with van der Waals surface area (Å²) in [6.45, 7) is 4.51. The van der Waals surface area contributed by atoms with Crippen LogP contribution < -0.4 is 11.1 Å². The van der Waals surface area contributed by atoms with E-state index < -0.39 is 0 Å². The van der Waals surface area contributed by atoms with Gasteiger partial charge in [0, 0.05) is 30.2 Å². The molecular weight excluding hydrogens is 380 g/mol. The van der Waals surface area contributed by atoms with Gasteiger partial charge in [-0.25, -0.2) is 4.98 Å². The summed E-state index contributed by atoms with van der Waals surface area (Å²) in [5.41, 5.74) is 11.1. The first-order valence-electron chi connectivity index (χ1n) is 10.4. The summed E-state index contributed by atoms with van der Waals surface area (Å²) in [4.78, 5) is 9.30. The van der Waals surface area contributed by atoms with E-state index in [1.807, 2.05) is 60.8 Å². The summed E-state index contributed by atoms with van der Waals surface area (Å²) in [7, 11) is 0. The van der Waals surface area contributed by atoms with Crippen molar-refractivity contribution in [3.63, 3.8) is 0 Å². The minimum Gasteiger partial charge on any atom is -0.398 e. The molecule has 0 aliphatic carbocycles. The maximum atomic E-state index is 6.45. The Morgan fingerprint density at radius 2 is 1.74 bits per heavy atom. The lowest BCUT2D eigenvalue weighted by Gasteiger charge is -2.32. The Labute approximate surface area is 183 Å². The molecule has 1 aromatic heterocycles. The van der Waals surface area contributed by atoms with Gasteiger partial charge in [0.05, 0.1) is 12.0 Å². The summed E-state index contributed by atoms with van der Waals surface area (Å²) >= 11 is 0. The predicted molar refractivity (Wildman–Crippen MR) is 131 cm³/mol. The zero-order chi connectivity index (χ0) is 21.5. The molecule has 3 N–H and O–H groups in total. The number of nitrogens with one attached hydrogen (secondary N) is 1. The highest BCUT2D eigenvalue weighted by Gasteiger charge is 2.31. The SMILES string of the molecule is C=C(c1ccccc1)C(C1=CC=CCC=N1)C(Nc1ccccn1)c1ccccc1N. The molecule has 0 saturated heterocycles. The Balaban J connectivity index is 1.86. The van der Waals surface area contributed by atoms with E-state index in [1.54, 1.807) is 6.20 Å². The van der Waals surface area contributed by atoms with Gasteiger partial charge in [-0.2, -0.15) is 0 Å². The number of rotatable bonds is 7. The Morgan fingerprint density at radius 3 is 2.52 bits per heavy atom. The molecular formula is C27H26N4. The van der Waals surface area contributed by atoms with Crippen LogP contribution in [-0.2, 0) is 0 Å². The van der Waals surface area contributed by atoms with Gasteiger partial charge in [0.15, 0.2) is 0 Å². The van der Waals surface area contributed by atoms with Crippen LogP contribution in [0.25, 0.3) is 5.57 Å². The van der Waals surface area contributed by atoms with Crippen molar-refractivity contribution in [1.29, 1.82) is 0 Å². The van der Waals surface area contributed by atoms with Crippen LogP contribution in [0.3, 0.4) is 0 Å². The van der Waals surface area contributed by atoms with Gasteiger partial charge in [-0.15, -0.1) is 0 Å². The number of pyridine rings is 1. The van der Waals surface area contributed by atoms with E-state index in [-0.39, 0.29) is 12.0 Å². The number of benzene rings is 2. The molecule has 2 unspecified atom stereocenters. The number of allylic oxidation sites excluding steroid dienone is 3. The number of anilines is 2. The first-order chi connectivity index (χ1) is 15.2. The molecule has 2 atom stereocenters. The van der Waals surface area contributed by atoms with Crippen molar-refractivity contribution in [2.45, 2.75) is 12.5 Å². The second-order valence-electron chi connectivity index (χ2n) is 7.40. The average molecular weight is 407 g/mol. The Hall–Kier alpha value is -3.92. The molecule has 0 spiro atoms. The van der Waals surface area contributed by atoms with Crippen LogP contribution in [0.15, 0.2) is 114 Å². The van der Waals surface area contributed by atoms with Crippen molar-refractivity contribution in [3.05, 3.63) is 121 Å². The van der Waals surface area contributed by atoms with Crippen molar-refractivity contribution in [2.24, 2.45) is 10.9 Å². The number of para-hydroxylation sites is 1. The number of hydrogen-bond donors (Lipinski definition) is 2. The minimum absolute atomic E-state index is 0.159. The Morgan fingerprint density at radius 1 is 0.968 bits per heavy atom. The lowest BCUT2D eigenvalue weighted by Crippen LogP contribution is -2.25. The van der Waals surface area contributed by atoms with Crippen LogP contribution >= 0.6 is 0 Å². The van der Waals surface area contributed by atoms with Crippen LogP contribution in [-0.4, -0.2) is 11.2 Å². The fourth-order valence-corrected chi connectivity index (χ4v) is 3.82. The molecule has 0 amide bonds. The zero-order valence-electron chi connectivity index (χ0n) is 17.4. The predicted octanol–water partition coefficient (Wildman–Crippen LogP) is 6.06. The quantitative estimate of drug-likeness (QED) is 0.469. The topological polar surface area (TPSA) is 63.3 Å². The summed E-state index contributed by atoms with van der Waals surface area (Å²) in [5, 5.41) is 3.61.